The lowest BCUT2D eigenvalue weighted by molar-refractivity contribution is 0.432. The number of hydrogen-bond acceptors (Lipinski definition) is 4. The van der Waals surface area contributed by atoms with E-state index in [1.165, 1.54) is 16.9 Å². The third kappa shape index (κ3) is 3.15. The molecule has 0 aliphatic carbocycles. The zero-order valence-corrected chi connectivity index (χ0v) is 13.6. The molecule has 6 heteroatoms. The first-order valence-corrected chi connectivity index (χ1v) is 7.58. The molecule has 0 atom stereocenters. The van der Waals surface area contributed by atoms with Gasteiger partial charge < -0.3 is 9.52 Å². The molecule has 3 rings (SSSR count). The molecule has 0 aliphatic rings. The number of aromatic hydroxyl groups is 1. The number of rotatable bonds is 3. The van der Waals surface area contributed by atoms with Gasteiger partial charge in [-0.25, -0.2) is 0 Å². The largest absolute Gasteiger partial charge is 0.494 e. The molecular formula is C18H14N2O3S. The molecule has 2 aromatic heterocycles. The summed E-state index contributed by atoms with van der Waals surface area (Å²) in [5.74, 6) is 0.350. The predicted octanol–water partition coefficient (Wildman–Crippen LogP) is 3.83. The van der Waals surface area contributed by atoms with Gasteiger partial charge >= 0.3 is 0 Å². The molecule has 0 saturated heterocycles. The van der Waals surface area contributed by atoms with Crippen LogP contribution in [0.25, 0.3) is 17.8 Å². The summed E-state index contributed by atoms with van der Waals surface area (Å²) in [6.07, 6.45) is 4.49. The van der Waals surface area contributed by atoms with Crippen LogP contribution in [0.1, 0.15) is 16.9 Å². The maximum Gasteiger partial charge on any atom is 0.263 e. The molecule has 0 saturated carbocycles. The standard InChI is InChI=1S/C18H14N2O3S/c1-12-5-2-6-13(11-12)20-17(22)15(16(21)19-18(20)24)9-3-7-14-8-4-10-23-14/h2,4-11,22H,1H3,(H,19,21,24). The van der Waals surface area contributed by atoms with Crippen LogP contribution in [-0.2, 0) is 0 Å². The van der Waals surface area contributed by atoms with E-state index in [0.717, 1.165) is 5.56 Å². The molecule has 3 aromatic rings. The second-order valence-electron chi connectivity index (χ2n) is 5.14. The van der Waals surface area contributed by atoms with E-state index in [1.54, 1.807) is 24.3 Å². The van der Waals surface area contributed by atoms with Crippen molar-refractivity contribution in [3.05, 3.63) is 80.4 Å². The van der Waals surface area contributed by atoms with Crippen LogP contribution in [0.15, 0.2) is 57.6 Å². The molecule has 120 valence electrons. The van der Waals surface area contributed by atoms with E-state index in [0.29, 0.717) is 11.4 Å². The Hall–Kier alpha value is -3.08. The van der Waals surface area contributed by atoms with E-state index in [9.17, 15) is 9.90 Å². The van der Waals surface area contributed by atoms with Crippen molar-refractivity contribution in [1.29, 1.82) is 0 Å². The van der Waals surface area contributed by atoms with Crippen molar-refractivity contribution in [3.8, 4) is 11.6 Å². The predicted molar refractivity (Wildman–Crippen MR) is 94.8 cm³/mol. The molecule has 0 unspecified atom stereocenters. The van der Waals surface area contributed by atoms with Crippen molar-refractivity contribution in [1.82, 2.24) is 9.55 Å². The number of nitrogens with zero attached hydrogens (tertiary/aromatic N) is 1. The fourth-order valence-electron chi connectivity index (χ4n) is 2.26. The van der Waals surface area contributed by atoms with Gasteiger partial charge in [0.2, 0.25) is 5.88 Å². The van der Waals surface area contributed by atoms with Gasteiger partial charge in [0.25, 0.3) is 5.56 Å². The van der Waals surface area contributed by atoms with Crippen LogP contribution in [-0.4, -0.2) is 14.7 Å². The van der Waals surface area contributed by atoms with Crippen molar-refractivity contribution >= 4 is 24.4 Å². The molecule has 1 aromatic carbocycles. The molecule has 2 heterocycles. The van der Waals surface area contributed by atoms with E-state index in [4.69, 9.17) is 16.6 Å². The number of nitrogens with one attached hydrogen (secondary N) is 1. The fourth-order valence-corrected chi connectivity index (χ4v) is 2.54. The van der Waals surface area contributed by atoms with Crippen molar-refractivity contribution in [2.45, 2.75) is 6.92 Å². The molecule has 0 spiro atoms. The zero-order chi connectivity index (χ0) is 17.1. The van der Waals surface area contributed by atoms with E-state index in [-0.39, 0.29) is 16.2 Å². The van der Waals surface area contributed by atoms with Gasteiger partial charge in [-0.2, -0.15) is 0 Å². The third-order valence-electron chi connectivity index (χ3n) is 3.38. The van der Waals surface area contributed by atoms with E-state index in [1.807, 2.05) is 25.1 Å². The van der Waals surface area contributed by atoms with Crippen molar-refractivity contribution in [2.24, 2.45) is 0 Å². The highest BCUT2D eigenvalue weighted by atomic mass is 32.1. The van der Waals surface area contributed by atoms with Crippen LogP contribution in [0.5, 0.6) is 5.88 Å². The Morgan fingerprint density at radius 2 is 2.12 bits per heavy atom. The highest BCUT2D eigenvalue weighted by Crippen LogP contribution is 2.21. The number of aryl methyl sites for hydroxylation is 1. The lowest BCUT2D eigenvalue weighted by Gasteiger charge is -2.11. The molecule has 2 N–H and O–H groups in total. The Morgan fingerprint density at radius 1 is 1.29 bits per heavy atom. The Kier molecular flexibility index (Phi) is 4.33. The first kappa shape index (κ1) is 15.8. The topological polar surface area (TPSA) is 71.2 Å². The number of aromatic nitrogens is 2. The van der Waals surface area contributed by atoms with Gasteiger partial charge in [-0.15, -0.1) is 5.73 Å². The molecule has 5 nitrogen and oxygen atoms in total. The van der Waals surface area contributed by atoms with Gasteiger partial charge in [-0.1, -0.05) is 12.1 Å². The first-order valence-electron chi connectivity index (χ1n) is 7.17. The van der Waals surface area contributed by atoms with Gasteiger partial charge in [-0.3, -0.25) is 14.3 Å². The number of H-pyrrole nitrogens is 1. The number of benzene rings is 1. The minimum atomic E-state index is -0.484. The van der Waals surface area contributed by atoms with Crippen molar-refractivity contribution in [2.75, 3.05) is 0 Å². The zero-order valence-electron chi connectivity index (χ0n) is 12.8. The summed E-state index contributed by atoms with van der Waals surface area (Å²) in [5.41, 5.74) is 4.08. The van der Waals surface area contributed by atoms with Crippen molar-refractivity contribution in [3.63, 3.8) is 0 Å². The highest BCUT2D eigenvalue weighted by molar-refractivity contribution is 7.71. The lowest BCUT2D eigenvalue weighted by Crippen LogP contribution is -2.15. The Balaban J connectivity index is 2.15. The number of furan rings is 1. The number of hydrogen-bond donors (Lipinski definition) is 2. The lowest BCUT2D eigenvalue weighted by atomic mass is 10.2. The number of aromatic amines is 1. The van der Waals surface area contributed by atoms with Crippen LogP contribution in [0.2, 0.25) is 0 Å². The summed E-state index contributed by atoms with van der Waals surface area (Å²) in [7, 11) is 0. The first-order chi connectivity index (χ1) is 11.6. The summed E-state index contributed by atoms with van der Waals surface area (Å²) in [4.78, 5) is 14.7. The Labute approximate surface area is 142 Å². The smallest absolute Gasteiger partial charge is 0.263 e. The van der Waals surface area contributed by atoms with E-state index in [2.05, 4.69) is 10.7 Å². The molecule has 24 heavy (non-hydrogen) atoms. The monoisotopic (exact) mass is 338 g/mol. The van der Waals surface area contributed by atoms with Crippen LogP contribution < -0.4 is 5.56 Å². The average Bonchev–Trinajstić information content (AvgIpc) is 3.03. The SMILES string of the molecule is Cc1cccc(-n2c(O)c(C=C=Cc3ccco3)c(=O)[nH]c2=S)c1. The molecule has 0 aliphatic heterocycles. The molecule has 0 bridgehead atoms. The minimum Gasteiger partial charge on any atom is -0.494 e. The summed E-state index contributed by atoms with van der Waals surface area (Å²) in [6.45, 7) is 1.93. The maximum atomic E-state index is 12.1. The summed E-state index contributed by atoms with van der Waals surface area (Å²) in [6, 6.07) is 10.9. The van der Waals surface area contributed by atoms with Gasteiger partial charge in [0.05, 0.1) is 12.0 Å². The highest BCUT2D eigenvalue weighted by Gasteiger charge is 2.11. The third-order valence-corrected chi connectivity index (χ3v) is 3.66. The Morgan fingerprint density at radius 3 is 2.83 bits per heavy atom. The van der Waals surface area contributed by atoms with Gasteiger partial charge in [0.1, 0.15) is 11.3 Å². The molecular weight excluding hydrogens is 324 g/mol. The van der Waals surface area contributed by atoms with Crippen LogP contribution >= 0.6 is 12.2 Å². The van der Waals surface area contributed by atoms with E-state index >= 15 is 0 Å². The minimum absolute atomic E-state index is 0.0629. The Bertz CT molecular complexity index is 1050. The van der Waals surface area contributed by atoms with Crippen LogP contribution in [0.4, 0.5) is 0 Å². The molecule has 0 fully saturated rings. The van der Waals surface area contributed by atoms with Crippen LogP contribution in [0, 0.1) is 11.7 Å². The normalized spacial score (nSPS) is 10.2. The molecule has 0 radical (unpaired) electrons. The summed E-state index contributed by atoms with van der Waals surface area (Å²) < 4.78 is 6.68. The van der Waals surface area contributed by atoms with Crippen molar-refractivity contribution < 1.29 is 9.52 Å². The second kappa shape index (κ2) is 6.58. The quantitative estimate of drug-likeness (QED) is 0.562. The summed E-state index contributed by atoms with van der Waals surface area (Å²) in [5, 5.41) is 10.5. The molecule has 0 amide bonds. The average molecular weight is 338 g/mol. The fraction of sp³-hybridized carbons (Fsp3) is 0.0556. The van der Waals surface area contributed by atoms with Gasteiger partial charge in [-0.05, 0) is 55.0 Å². The summed E-state index contributed by atoms with van der Waals surface area (Å²) >= 11 is 5.18. The van der Waals surface area contributed by atoms with Crippen LogP contribution in [0.3, 0.4) is 0 Å². The van der Waals surface area contributed by atoms with Gasteiger partial charge in [0.15, 0.2) is 4.77 Å². The second-order valence-corrected chi connectivity index (χ2v) is 5.53. The van der Waals surface area contributed by atoms with E-state index < -0.39 is 5.56 Å². The van der Waals surface area contributed by atoms with Gasteiger partial charge in [0, 0.05) is 6.08 Å². The maximum absolute atomic E-state index is 12.1.